The molecule has 0 aliphatic carbocycles. The van der Waals surface area contributed by atoms with Crippen LogP contribution in [0.2, 0.25) is 0 Å². The van der Waals surface area contributed by atoms with Crippen molar-refractivity contribution in [2.24, 2.45) is 4.99 Å². The summed E-state index contributed by atoms with van der Waals surface area (Å²) in [7, 11) is 0. The van der Waals surface area contributed by atoms with E-state index in [0.29, 0.717) is 23.7 Å². The zero-order valence-corrected chi connectivity index (χ0v) is 22.4. The molecule has 0 N–H and O–H groups in total. The van der Waals surface area contributed by atoms with Gasteiger partial charge in [-0.25, -0.2) is 4.99 Å². The summed E-state index contributed by atoms with van der Waals surface area (Å²) >= 11 is 0. The molecule has 2 nitrogen and oxygen atoms in total. The number of hydrogen-bond donors (Lipinski definition) is 0. The normalized spacial score (nSPS) is 11.7. The molecule has 2 aromatic rings. The first-order chi connectivity index (χ1) is 14.5. The highest BCUT2D eigenvalue weighted by Crippen LogP contribution is 2.37. The smallest absolute Gasteiger partial charge is 0.0960 e. The Labute approximate surface area is 203 Å². The third-order valence-corrected chi connectivity index (χ3v) is 5.74. The van der Waals surface area contributed by atoms with Gasteiger partial charge in [-0.2, -0.15) is 0 Å². The van der Waals surface area contributed by atoms with Gasteiger partial charge in [-0.05, 0) is 52.8 Å². The zero-order chi connectivity index (χ0) is 23.3. The van der Waals surface area contributed by atoms with E-state index < -0.39 is 0 Å². The highest BCUT2D eigenvalue weighted by Gasteiger charge is 2.19. The van der Waals surface area contributed by atoms with E-state index in [1.165, 1.54) is 27.9 Å². The Bertz CT molecular complexity index is 870. The second-order valence-electron chi connectivity index (χ2n) is 10.0. The van der Waals surface area contributed by atoms with Crippen LogP contribution in [0.15, 0.2) is 53.5 Å². The summed E-state index contributed by atoms with van der Waals surface area (Å²) in [5.41, 5.74) is 8.86. The van der Waals surface area contributed by atoms with Gasteiger partial charge in [0.05, 0.1) is 12.0 Å². The third-order valence-electron chi connectivity index (χ3n) is 5.74. The van der Waals surface area contributed by atoms with Crippen molar-refractivity contribution in [2.75, 3.05) is 11.4 Å². The van der Waals surface area contributed by atoms with Gasteiger partial charge in [-0.3, -0.25) is 0 Å². The van der Waals surface area contributed by atoms with Crippen LogP contribution in [-0.4, -0.2) is 12.9 Å². The van der Waals surface area contributed by atoms with Crippen molar-refractivity contribution < 1.29 is 0 Å². The number of anilines is 1. The summed E-state index contributed by atoms with van der Waals surface area (Å²) in [6.45, 7) is 25.1. The Balaban J connectivity index is 0.00000512. The van der Waals surface area contributed by atoms with Crippen molar-refractivity contribution in [3.05, 3.63) is 70.8 Å². The second kappa shape index (κ2) is 12.3. The maximum absolute atomic E-state index is 5.14. The van der Waals surface area contributed by atoms with E-state index in [1.54, 1.807) is 0 Å². The minimum atomic E-state index is 0. The lowest BCUT2D eigenvalue weighted by atomic mass is 9.91. The fourth-order valence-electron chi connectivity index (χ4n) is 4.10. The van der Waals surface area contributed by atoms with Crippen LogP contribution in [0.25, 0.3) is 0 Å². The van der Waals surface area contributed by atoms with E-state index in [0.717, 1.165) is 17.8 Å². The number of halogens is 1. The maximum Gasteiger partial charge on any atom is 0.0960 e. The van der Waals surface area contributed by atoms with Gasteiger partial charge in [-0.1, -0.05) is 104 Å². The van der Waals surface area contributed by atoms with E-state index >= 15 is 0 Å². The first kappa shape index (κ1) is 28.0. The van der Waals surface area contributed by atoms with Crippen LogP contribution in [0.1, 0.15) is 108 Å². The third kappa shape index (κ3) is 6.72. The first-order valence-corrected chi connectivity index (χ1v) is 11.7. The molecule has 0 radical (unpaired) electrons. The van der Waals surface area contributed by atoms with E-state index in [2.05, 4.69) is 117 Å². The molecular weight excluding hydrogens is 412 g/mol. The van der Waals surface area contributed by atoms with Crippen LogP contribution in [0.4, 0.5) is 11.4 Å². The van der Waals surface area contributed by atoms with E-state index in [9.17, 15) is 0 Å². The second-order valence-corrected chi connectivity index (χ2v) is 10.0. The topological polar surface area (TPSA) is 15.6 Å². The predicted molar refractivity (Wildman–Crippen MR) is 147 cm³/mol. The summed E-state index contributed by atoms with van der Waals surface area (Å²) in [5.74, 6) is 1.72. The molecule has 0 aliphatic heterocycles. The minimum Gasteiger partial charge on any atom is -0.328 e. The van der Waals surface area contributed by atoms with Crippen LogP contribution < -0.4 is 4.90 Å². The lowest BCUT2D eigenvalue weighted by molar-refractivity contribution is 0.824. The van der Waals surface area contributed by atoms with Gasteiger partial charge in [0.25, 0.3) is 0 Å². The van der Waals surface area contributed by atoms with Gasteiger partial charge >= 0.3 is 0 Å². The zero-order valence-electron chi connectivity index (χ0n) is 21.6. The Kier molecular flexibility index (Phi) is 10.7. The Morgan fingerprint density at radius 3 is 1.50 bits per heavy atom. The largest absolute Gasteiger partial charge is 0.328 e. The lowest BCUT2D eigenvalue weighted by Gasteiger charge is -2.29. The van der Waals surface area contributed by atoms with Gasteiger partial charge in [0.2, 0.25) is 0 Å². The molecule has 2 rings (SSSR count). The Hall–Kier alpha value is -2.06. The summed E-state index contributed by atoms with van der Waals surface area (Å²) in [4.78, 5) is 7.45. The molecule has 0 fully saturated rings. The summed E-state index contributed by atoms with van der Waals surface area (Å²) in [6.07, 6.45) is 2.05. The fourth-order valence-corrected chi connectivity index (χ4v) is 4.10. The summed E-state index contributed by atoms with van der Waals surface area (Å²) in [6, 6.07) is 13.3. The molecule has 176 valence electrons. The lowest BCUT2D eigenvalue weighted by Crippen LogP contribution is -2.26. The van der Waals surface area contributed by atoms with Gasteiger partial charge in [-0.15, -0.1) is 12.4 Å². The van der Waals surface area contributed by atoms with Crippen molar-refractivity contribution in [2.45, 2.75) is 86.0 Å². The minimum absolute atomic E-state index is 0. The Morgan fingerprint density at radius 2 is 1.16 bits per heavy atom. The number of hydrogen-bond acceptors (Lipinski definition) is 1. The predicted octanol–water partition coefficient (Wildman–Crippen LogP) is 9.34. The van der Waals surface area contributed by atoms with E-state index in [1.807, 2.05) is 0 Å². The molecular formula is C29H43ClN2. The number of benzene rings is 2. The molecule has 0 amide bonds. The molecule has 0 heterocycles. The van der Waals surface area contributed by atoms with E-state index in [-0.39, 0.29) is 12.4 Å². The van der Waals surface area contributed by atoms with Gasteiger partial charge < -0.3 is 4.90 Å². The van der Waals surface area contributed by atoms with Crippen LogP contribution in [-0.2, 0) is 0 Å². The molecule has 0 atom stereocenters. The number of nitrogens with zero attached hydrogens (tertiary/aromatic N) is 2. The highest BCUT2D eigenvalue weighted by molar-refractivity contribution is 5.86. The molecule has 3 heteroatoms. The van der Waals surface area contributed by atoms with Crippen molar-refractivity contribution in [1.82, 2.24) is 0 Å². The number of rotatable bonds is 9. The van der Waals surface area contributed by atoms with Crippen molar-refractivity contribution in [1.29, 1.82) is 0 Å². The fraction of sp³-hybridized carbons (Fsp3) is 0.483. The highest BCUT2D eigenvalue weighted by atomic mass is 35.5. The maximum atomic E-state index is 5.14. The molecule has 0 aromatic heterocycles. The average Bonchev–Trinajstić information content (AvgIpc) is 2.69. The Morgan fingerprint density at radius 1 is 0.781 bits per heavy atom. The molecule has 2 aromatic carbocycles. The molecule has 0 unspecified atom stereocenters. The molecule has 0 saturated carbocycles. The van der Waals surface area contributed by atoms with Gasteiger partial charge in [0.15, 0.2) is 0 Å². The molecule has 0 bridgehead atoms. The van der Waals surface area contributed by atoms with Gasteiger partial charge in [0.1, 0.15) is 0 Å². The van der Waals surface area contributed by atoms with Crippen LogP contribution >= 0.6 is 12.4 Å². The van der Waals surface area contributed by atoms with E-state index in [4.69, 9.17) is 4.99 Å². The molecule has 0 aliphatic rings. The van der Waals surface area contributed by atoms with Crippen molar-refractivity contribution in [3.8, 4) is 0 Å². The monoisotopic (exact) mass is 454 g/mol. The van der Waals surface area contributed by atoms with Crippen LogP contribution in [0.5, 0.6) is 0 Å². The van der Waals surface area contributed by atoms with Gasteiger partial charge in [0, 0.05) is 12.2 Å². The van der Waals surface area contributed by atoms with Crippen molar-refractivity contribution >= 4 is 30.1 Å². The molecule has 0 spiro atoms. The summed E-state index contributed by atoms with van der Waals surface area (Å²) < 4.78 is 0. The van der Waals surface area contributed by atoms with Crippen LogP contribution in [0, 0.1) is 0 Å². The SMILES string of the molecule is C=C(C)CN(C=Nc1c(C(C)C)cccc1C(C)C)c1c(C(C)C)cccc1C(C)C.Cl. The standard InChI is InChI=1S/C29H42N2.ClH/c1-19(2)17-31(29-26(22(7)8)15-12-16-27(29)23(9)10)18-30-28-24(20(3)4)13-11-14-25(28)21(5)6;/h11-16,18,20-23H,1,17H2,2-10H3;1H. The number of para-hydroxylation sites is 2. The number of aliphatic imine (C=N–C) groups is 1. The first-order valence-electron chi connectivity index (χ1n) is 11.7. The van der Waals surface area contributed by atoms with Crippen molar-refractivity contribution in [3.63, 3.8) is 0 Å². The summed E-state index contributed by atoms with van der Waals surface area (Å²) in [5, 5.41) is 0. The molecule has 0 saturated heterocycles. The quantitative estimate of drug-likeness (QED) is 0.209. The van der Waals surface area contributed by atoms with Crippen LogP contribution in [0.3, 0.4) is 0 Å². The molecule has 32 heavy (non-hydrogen) atoms. The average molecular weight is 455 g/mol.